The lowest BCUT2D eigenvalue weighted by Crippen LogP contribution is -2.08. The number of rotatable bonds is 4. The minimum Gasteiger partial charge on any atom is -0.478 e. The van der Waals surface area contributed by atoms with Crippen LogP contribution in [0.3, 0.4) is 0 Å². The molecule has 98 valence electrons. The minimum atomic E-state index is -0.888. The lowest BCUT2D eigenvalue weighted by molar-refractivity contribution is 0.0697. The molecule has 0 bridgehead atoms. The smallest absolute Gasteiger partial charge is 0.335 e. The summed E-state index contributed by atoms with van der Waals surface area (Å²) in [6, 6.07) is 15.4. The van der Waals surface area contributed by atoms with E-state index in [0.29, 0.717) is 5.56 Å². The molecular formula is C16H17NO2. The molecule has 0 saturated heterocycles. The molecule has 0 aromatic heterocycles. The molecule has 0 radical (unpaired) electrons. The van der Waals surface area contributed by atoms with Crippen LogP contribution in [0.1, 0.15) is 21.5 Å². The van der Waals surface area contributed by atoms with Crippen molar-refractivity contribution in [2.45, 2.75) is 6.42 Å². The van der Waals surface area contributed by atoms with Crippen molar-refractivity contribution in [1.29, 1.82) is 0 Å². The molecule has 0 aliphatic carbocycles. The largest absolute Gasteiger partial charge is 0.478 e. The highest BCUT2D eigenvalue weighted by atomic mass is 16.4. The number of anilines is 1. The summed E-state index contributed by atoms with van der Waals surface area (Å²) < 4.78 is 0. The number of hydrogen-bond acceptors (Lipinski definition) is 2. The maximum atomic E-state index is 10.8. The Bertz CT molecular complexity index is 574. The van der Waals surface area contributed by atoms with E-state index in [-0.39, 0.29) is 0 Å². The predicted octanol–water partition coefficient (Wildman–Crippen LogP) is 3.04. The van der Waals surface area contributed by atoms with Crippen LogP contribution < -0.4 is 4.90 Å². The van der Waals surface area contributed by atoms with Crippen molar-refractivity contribution in [2.75, 3.05) is 19.0 Å². The third-order valence-electron chi connectivity index (χ3n) is 3.04. The van der Waals surface area contributed by atoms with E-state index in [1.807, 2.05) is 32.3 Å². The summed E-state index contributed by atoms with van der Waals surface area (Å²) in [5.41, 5.74) is 3.82. The third-order valence-corrected chi connectivity index (χ3v) is 3.04. The van der Waals surface area contributed by atoms with E-state index < -0.39 is 5.97 Å². The molecule has 0 fully saturated rings. The van der Waals surface area contributed by atoms with Crippen LogP contribution in [0.25, 0.3) is 0 Å². The van der Waals surface area contributed by atoms with Crippen molar-refractivity contribution in [1.82, 2.24) is 0 Å². The topological polar surface area (TPSA) is 40.5 Å². The van der Waals surface area contributed by atoms with Gasteiger partial charge in [-0.2, -0.15) is 0 Å². The van der Waals surface area contributed by atoms with Crippen molar-refractivity contribution in [2.24, 2.45) is 0 Å². The van der Waals surface area contributed by atoms with Gasteiger partial charge in [0.2, 0.25) is 0 Å². The highest BCUT2D eigenvalue weighted by molar-refractivity contribution is 5.87. The van der Waals surface area contributed by atoms with E-state index in [9.17, 15) is 4.79 Å². The molecule has 0 aliphatic heterocycles. The Hall–Kier alpha value is -2.29. The zero-order valence-electron chi connectivity index (χ0n) is 11.1. The molecular weight excluding hydrogens is 238 g/mol. The van der Waals surface area contributed by atoms with Gasteiger partial charge in [-0.25, -0.2) is 4.79 Å². The summed E-state index contributed by atoms with van der Waals surface area (Å²) in [6.45, 7) is 0. The van der Waals surface area contributed by atoms with Crippen LogP contribution in [-0.4, -0.2) is 25.2 Å². The fourth-order valence-corrected chi connectivity index (χ4v) is 1.95. The fourth-order valence-electron chi connectivity index (χ4n) is 1.95. The molecule has 19 heavy (non-hydrogen) atoms. The molecule has 0 aliphatic rings. The summed E-state index contributed by atoms with van der Waals surface area (Å²) in [7, 11) is 4.03. The van der Waals surface area contributed by atoms with E-state index in [0.717, 1.165) is 12.0 Å². The first-order valence-electron chi connectivity index (χ1n) is 6.15. The normalized spacial score (nSPS) is 10.2. The molecule has 3 heteroatoms. The van der Waals surface area contributed by atoms with Crippen LogP contribution in [0.4, 0.5) is 5.69 Å². The zero-order valence-corrected chi connectivity index (χ0v) is 11.1. The Morgan fingerprint density at radius 2 is 1.74 bits per heavy atom. The number of nitrogens with zero attached hydrogens (tertiary/aromatic N) is 1. The second kappa shape index (κ2) is 5.57. The molecule has 0 heterocycles. The average Bonchev–Trinajstić information content (AvgIpc) is 2.39. The summed E-state index contributed by atoms with van der Waals surface area (Å²) >= 11 is 0. The highest BCUT2D eigenvalue weighted by Crippen LogP contribution is 2.17. The summed E-state index contributed by atoms with van der Waals surface area (Å²) in [6.07, 6.45) is 0.807. The van der Waals surface area contributed by atoms with Gasteiger partial charge in [-0.05, 0) is 41.8 Å². The first-order chi connectivity index (χ1) is 9.06. The third kappa shape index (κ3) is 3.35. The molecule has 0 atom stereocenters. The zero-order chi connectivity index (χ0) is 13.8. The first kappa shape index (κ1) is 13.1. The summed E-state index contributed by atoms with van der Waals surface area (Å²) in [4.78, 5) is 12.9. The van der Waals surface area contributed by atoms with Gasteiger partial charge in [0.1, 0.15) is 0 Å². The van der Waals surface area contributed by atoms with E-state index >= 15 is 0 Å². The second-order valence-corrected chi connectivity index (χ2v) is 4.74. The number of benzene rings is 2. The quantitative estimate of drug-likeness (QED) is 0.912. The highest BCUT2D eigenvalue weighted by Gasteiger charge is 2.03. The number of carboxylic acid groups (broad SMARTS) is 1. The molecule has 0 spiro atoms. The number of hydrogen-bond donors (Lipinski definition) is 1. The van der Waals surface area contributed by atoms with Crippen molar-refractivity contribution in [3.63, 3.8) is 0 Å². The van der Waals surface area contributed by atoms with Gasteiger partial charge in [0.25, 0.3) is 0 Å². The van der Waals surface area contributed by atoms with Gasteiger partial charge < -0.3 is 10.0 Å². The minimum absolute atomic E-state index is 0.325. The molecule has 0 saturated carbocycles. The van der Waals surface area contributed by atoms with Crippen LogP contribution in [0, 0.1) is 0 Å². The van der Waals surface area contributed by atoms with Crippen LogP contribution in [0.15, 0.2) is 48.5 Å². The van der Waals surface area contributed by atoms with E-state index in [4.69, 9.17) is 5.11 Å². The predicted molar refractivity (Wildman–Crippen MR) is 77.0 cm³/mol. The number of carboxylic acids is 1. The Balaban J connectivity index is 2.16. The number of aromatic carboxylic acids is 1. The van der Waals surface area contributed by atoms with Crippen molar-refractivity contribution in [3.05, 3.63) is 65.2 Å². The Labute approximate surface area is 113 Å². The first-order valence-corrected chi connectivity index (χ1v) is 6.15. The van der Waals surface area contributed by atoms with Crippen molar-refractivity contribution in [3.8, 4) is 0 Å². The summed E-state index contributed by atoms with van der Waals surface area (Å²) in [5.74, 6) is -0.888. The van der Waals surface area contributed by atoms with Gasteiger partial charge in [-0.1, -0.05) is 24.3 Å². The molecule has 3 nitrogen and oxygen atoms in total. The Kier molecular flexibility index (Phi) is 3.85. The van der Waals surface area contributed by atoms with Crippen LogP contribution >= 0.6 is 0 Å². The van der Waals surface area contributed by atoms with Crippen LogP contribution in [-0.2, 0) is 6.42 Å². The molecule has 0 amide bonds. The molecule has 2 rings (SSSR count). The summed E-state index contributed by atoms with van der Waals surface area (Å²) in [5, 5.41) is 8.86. The number of carbonyl (C=O) groups is 1. The van der Waals surface area contributed by atoms with E-state index in [1.165, 1.54) is 11.3 Å². The van der Waals surface area contributed by atoms with Gasteiger partial charge in [0, 0.05) is 19.8 Å². The second-order valence-electron chi connectivity index (χ2n) is 4.74. The van der Waals surface area contributed by atoms with Crippen molar-refractivity contribution >= 4 is 11.7 Å². The fraction of sp³-hybridized carbons (Fsp3) is 0.188. The Morgan fingerprint density at radius 1 is 1.05 bits per heavy atom. The van der Waals surface area contributed by atoms with Gasteiger partial charge >= 0.3 is 5.97 Å². The van der Waals surface area contributed by atoms with Gasteiger partial charge in [0.05, 0.1) is 5.56 Å². The molecule has 2 aromatic rings. The average molecular weight is 255 g/mol. The molecule has 1 N–H and O–H groups in total. The van der Waals surface area contributed by atoms with Gasteiger partial charge in [0.15, 0.2) is 0 Å². The van der Waals surface area contributed by atoms with Gasteiger partial charge in [-0.15, -0.1) is 0 Å². The van der Waals surface area contributed by atoms with Crippen LogP contribution in [0.2, 0.25) is 0 Å². The van der Waals surface area contributed by atoms with E-state index in [1.54, 1.807) is 12.1 Å². The lowest BCUT2D eigenvalue weighted by atomic mass is 10.0. The lowest BCUT2D eigenvalue weighted by Gasteiger charge is -2.13. The Morgan fingerprint density at radius 3 is 2.32 bits per heavy atom. The molecule has 2 aromatic carbocycles. The monoisotopic (exact) mass is 255 g/mol. The van der Waals surface area contributed by atoms with E-state index in [2.05, 4.69) is 23.1 Å². The van der Waals surface area contributed by atoms with Crippen LogP contribution in [0.5, 0.6) is 0 Å². The maximum Gasteiger partial charge on any atom is 0.335 e. The van der Waals surface area contributed by atoms with Gasteiger partial charge in [-0.3, -0.25) is 0 Å². The SMILES string of the molecule is CN(C)c1cccc(Cc2ccc(C(=O)O)cc2)c1. The van der Waals surface area contributed by atoms with Crippen molar-refractivity contribution < 1.29 is 9.90 Å². The maximum absolute atomic E-state index is 10.8. The molecule has 0 unspecified atom stereocenters. The standard InChI is InChI=1S/C16H17NO2/c1-17(2)15-5-3-4-13(11-15)10-12-6-8-14(9-7-12)16(18)19/h3-9,11H,10H2,1-2H3,(H,18,19).